The number of fused-ring (bicyclic) bond motifs is 2. The summed E-state index contributed by atoms with van der Waals surface area (Å²) in [5, 5.41) is 11.6. The summed E-state index contributed by atoms with van der Waals surface area (Å²) in [6, 6.07) is 144. The number of benzene rings is 18. The van der Waals surface area contributed by atoms with E-state index in [1.807, 2.05) is 0 Å². The highest BCUT2D eigenvalue weighted by molar-refractivity contribution is 6.29. The third-order valence-electron chi connectivity index (χ3n) is 19.8. The number of anilines is 6. The molecule has 0 radical (unpaired) electrons. The van der Waals surface area contributed by atoms with Crippen LogP contribution >= 0.6 is 0 Å². The van der Waals surface area contributed by atoms with Crippen molar-refractivity contribution in [3.8, 4) is 89.0 Å². The van der Waals surface area contributed by atoms with Crippen molar-refractivity contribution >= 4 is 88.0 Å². The SMILES string of the molecule is c1ccc(-c2ccc(N(c3c(-c4ccccc4)ccc4ccc(-c5ccccc5)cc34)c3ccc4ccc5c(N(c6ccc(-c7ccccc7)cc6-c6ccccc6)c6c(-c7ccccc7)ccc7ccc(-c8ccccc8)cc67)ccc6ccc3c4c65)c(-c3ccccc3)c2)cc1. The van der Waals surface area contributed by atoms with E-state index in [9.17, 15) is 0 Å². The maximum Gasteiger partial charge on any atom is 0.0619 e. The van der Waals surface area contributed by atoms with Gasteiger partial charge in [0, 0.05) is 43.8 Å². The average molecular weight is 1250 g/mol. The number of nitrogens with zero attached hydrogens (tertiary/aromatic N) is 2. The molecule has 0 unspecified atom stereocenters. The zero-order chi connectivity index (χ0) is 64.9. The van der Waals surface area contributed by atoms with Gasteiger partial charge in [0.2, 0.25) is 0 Å². The van der Waals surface area contributed by atoms with Gasteiger partial charge in [-0.3, -0.25) is 0 Å². The van der Waals surface area contributed by atoms with Crippen LogP contribution in [0.1, 0.15) is 0 Å². The quantitative estimate of drug-likeness (QED) is 0.100. The molecule has 0 atom stereocenters. The molecule has 0 saturated carbocycles. The van der Waals surface area contributed by atoms with Crippen molar-refractivity contribution in [1.82, 2.24) is 0 Å². The van der Waals surface area contributed by atoms with Crippen LogP contribution in [0.4, 0.5) is 34.1 Å². The molecule has 18 rings (SSSR count). The molecule has 18 aromatic carbocycles. The first-order valence-electron chi connectivity index (χ1n) is 33.8. The molecule has 0 amide bonds. The van der Waals surface area contributed by atoms with E-state index in [0.717, 1.165) is 144 Å². The maximum atomic E-state index is 2.61. The Morgan fingerprint density at radius 1 is 0.143 bits per heavy atom. The van der Waals surface area contributed by atoms with Gasteiger partial charge in [0.05, 0.1) is 34.1 Å². The third-order valence-corrected chi connectivity index (χ3v) is 19.8. The van der Waals surface area contributed by atoms with Crippen molar-refractivity contribution in [2.45, 2.75) is 0 Å². The highest BCUT2D eigenvalue weighted by atomic mass is 15.2. The molecule has 0 saturated heterocycles. The average Bonchev–Trinajstić information content (AvgIpc) is 0.714. The van der Waals surface area contributed by atoms with Crippen LogP contribution < -0.4 is 9.80 Å². The van der Waals surface area contributed by atoms with Crippen LogP contribution in [0.5, 0.6) is 0 Å². The molecular weight excluding hydrogens is 1180 g/mol. The van der Waals surface area contributed by atoms with Crippen molar-refractivity contribution in [2.75, 3.05) is 9.80 Å². The highest BCUT2D eigenvalue weighted by Crippen LogP contribution is 2.56. The van der Waals surface area contributed by atoms with Gasteiger partial charge in [0.15, 0.2) is 0 Å². The Labute approximate surface area is 571 Å². The van der Waals surface area contributed by atoms with Crippen LogP contribution in [0.15, 0.2) is 388 Å². The Morgan fingerprint density at radius 2 is 0.388 bits per heavy atom. The lowest BCUT2D eigenvalue weighted by molar-refractivity contribution is 1.31. The Hall–Kier alpha value is -12.9. The Morgan fingerprint density at radius 3 is 0.714 bits per heavy atom. The number of rotatable bonds is 14. The van der Waals surface area contributed by atoms with Gasteiger partial charge in [-0.15, -0.1) is 0 Å². The fourth-order valence-corrected chi connectivity index (χ4v) is 15.1. The van der Waals surface area contributed by atoms with Gasteiger partial charge < -0.3 is 9.80 Å². The smallest absolute Gasteiger partial charge is 0.0619 e. The van der Waals surface area contributed by atoms with E-state index in [-0.39, 0.29) is 0 Å². The zero-order valence-corrected chi connectivity index (χ0v) is 53.8. The second kappa shape index (κ2) is 24.8. The van der Waals surface area contributed by atoms with Gasteiger partial charge >= 0.3 is 0 Å². The number of hydrogen-bond donors (Lipinski definition) is 0. The second-order valence-electron chi connectivity index (χ2n) is 25.5. The number of hydrogen-bond acceptors (Lipinski definition) is 2. The van der Waals surface area contributed by atoms with E-state index >= 15 is 0 Å². The fraction of sp³-hybridized carbons (Fsp3) is 0. The second-order valence-corrected chi connectivity index (χ2v) is 25.5. The molecule has 0 bridgehead atoms. The summed E-state index contributed by atoms with van der Waals surface area (Å²) in [5.41, 5.74) is 24.8. The first-order valence-corrected chi connectivity index (χ1v) is 33.8. The van der Waals surface area contributed by atoms with Crippen LogP contribution in [0.25, 0.3) is 143 Å². The summed E-state index contributed by atoms with van der Waals surface area (Å²) in [6.07, 6.45) is 0. The summed E-state index contributed by atoms with van der Waals surface area (Å²) in [5.74, 6) is 0. The monoisotopic (exact) mass is 1240 g/mol. The molecule has 0 aromatic heterocycles. The van der Waals surface area contributed by atoms with Gasteiger partial charge in [-0.05, 0) is 148 Å². The Kier molecular flexibility index (Phi) is 14.6. The van der Waals surface area contributed by atoms with E-state index in [2.05, 4.69) is 398 Å². The molecule has 0 heterocycles. The van der Waals surface area contributed by atoms with E-state index < -0.39 is 0 Å². The molecule has 0 fully saturated rings. The Balaban J connectivity index is 0.961. The van der Waals surface area contributed by atoms with E-state index in [4.69, 9.17) is 0 Å². The van der Waals surface area contributed by atoms with Crippen LogP contribution in [0, 0.1) is 0 Å². The summed E-state index contributed by atoms with van der Waals surface area (Å²) in [4.78, 5) is 5.23. The molecule has 18 aromatic rings. The van der Waals surface area contributed by atoms with Crippen molar-refractivity contribution < 1.29 is 0 Å². The van der Waals surface area contributed by atoms with E-state index in [1.54, 1.807) is 0 Å². The molecule has 0 aliphatic carbocycles. The topological polar surface area (TPSA) is 6.48 Å². The highest BCUT2D eigenvalue weighted by Gasteiger charge is 2.30. The van der Waals surface area contributed by atoms with Crippen LogP contribution in [0.3, 0.4) is 0 Å². The van der Waals surface area contributed by atoms with Crippen LogP contribution in [-0.2, 0) is 0 Å². The normalized spacial score (nSPS) is 11.5. The molecule has 2 nitrogen and oxygen atoms in total. The maximum absolute atomic E-state index is 2.61. The summed E-state index contributed by atoms with van der Waals surface area (Å²) in [7, 11) is 0. The molecular formula is C96H64N2. The molecule has 0 spiro atoms. The minimum atomic E-state index is 1.07. The molecule has 2 heteroatoms. The van der Waals surface area contributed by atoms with Gasteiger partial charge in [0.1, 0.15) is 0 Å². The first kappa shape index (κ1) is 57.8. The van der Waals surface area contributed by atoms with Gasteiger partial charge in [-0.25, -0.2) is 0 Å². The first-order chi connectivity index (χ1) is 48.6. The van der Waals surface area contributed by atoms with Gasteiger partial charge in [0.25, 0.3) is 0 Å². The molecule has 458 valence electrons. The summed E-state index contributed by atoms with van der Waals surface area (Å²) in [6.45, 7) is 0. The zero-order valence-electron chi connectivity index (χ0n) is 53.8. The lowest BCUT2D eigenvalue weighted by Crippen LogP contribution is -2.15. The predicted octanol–water partition coefficient (Wildman–Crippen LogP) is 27.2. The minimum Gasteiger partial charge on any atom is -0.308 e. The lowest BCUT2D eigenvalue weighted by atomic mass is 9.89. The van der Waals surface area contributed by atoms with E-state index in [0.29, 0.717) is 0 Å². The van der Waals surface area contributed by atoms with Crippen LogP contribution in [0.2, 0.25) is 0 Å². The lowest BCUT2D eigenvalue weighted by Gasteiger charge is -2.34. The van der Waals surface area contributed by atoms with E-state index in [1.165, 1.54) is 32.7 Å². The van der Waals surface area contributed by atoms with Crippen molar-refractivity contribution in [3.63, 3.8) is 0 Å². The molecule has 0 N–H and O–H groups in total. The van der Waals surface area contributed by atoms with Crippen LogP contribution in [-0.4, -0.2) is 0 Å². The van der Waals surface area contributed by atoms with Gasteiger partial charge in [-0.1, -0.05) is 340 Å². The van der Waals surface area contributed by atoms with Gasteiger partial charge in [-0.2, -0.15) is 0 Å². The summed E-state index contributed by atoms with van der Waals surface area (Å²) >= 11 is 0. The van der Waals surface area contributed by atoms with Crippen molar-refractivity contribution in [3.05, 3.63) is 388 Å². The molecule has 0 aliphatic heterocycles. The third kappa shape index (κ3) is 10.3. The van der Waals surface area contributed by atoms with Crippen molar-refractivity contribution in [1.29, 1.82) is 0 Å². The standard InChI is InChI=1S/C96H64N2/c1-9-25-65(26-10-1)77-43-41-73-45-53-81(69-33-17-5-18-34-69)95(87(73)63-77)97(91-59-51-79(67-29-13-3-14-30-67)61-85(91)71-37-21-7-22-38-71)89-57-49-75-48-56-84-90(58-50-76-47-55-83(89)93(75)94(76)84)98(92-60-52-80(68-31-15-4-16-32-68)62-86(92)72-39-23-8-24-40-72)96-82(70-35-19-6-20-36-70)54-46-74-42-44-78(64-88(74)96)66-27-11-2-12-28-66/h1-64H. The molecule has 98 heavy (non-hydrogen) atoms. The summed E-state index contributed by atoms with van der Waals surface area (Å²) < 4.78 is 0. The minimum absolute atomic E-state index is 1.07. The fourth-order valence-electron chi connectivity index (χ4n) is 15.1. The largest absolute Gasteiger partial charge is 0.308 e. The van der Waals surface area contributed by atoms with Crippen molar-refractivity contribution in [2.24, 2.45) is 0 Å². The predicted molar refractivity (Wildman–Crippen MR) is 418 cm³/mol. The molecule has 0 aliphatic rings. The Bertz CT molecular complexity index is 5560.